The Morgan fingerprint density at radius 3 is 2.90 bits per heavy atom. The molecule has 0 bridgehead atoms. The lowest BCUT2D eigenvalue weighted by Crippen LogP contribution is -2.18. The van der Waals surface area contributed by atoms with Gasteiger partial charge in [-0.1, -0.05) is 13.0 Å². The van der Waals surface area contributed by atoms with Crippen LogP contribution in [0.5, 0.6) is 0 Å². The molecule has 2 unspecified atom stereocenters. The van der Waals surface area contributed by atoms with Gasteiger partial charge in [-0.25, -0.2) is 4.98 Å². The van der Waals surface area contributed by atoms with Gasteiger partial charge in [-0.3, -0.25) is 0 Å². The third kappa shape index (κ3) is 2.47. The smallest absolute Gasteiger partial charge is 0.115 e. The fraction of sp³-hybridized carbons (Fsp3) is 0.588. The van der Waals surface area contributed by atoms with E-state index in [4.69, 9.17) is 15.5 Å². The fourth-order valence-corrected chi connectivity index (χ4v) is 3.44. The lowest BCUT2D eigenvalue weighted by atomic mass is 9.98. The summed E-state index contributed by atoms with van der Waals surface area (Å²) in [4.78, 5) is 4.95. The van der Waals surface area contributed by atoms with Gasteiger partial charge >= 0.3 is 0 Å². The van der Waals surface area contributed by atoms with Crippen molar-refractivity contribution in [1.82, 2.24) is 9.55 Å². The molecule has 3 rings (SSSR count). The van der Waals surface area contributed by atoms with Gasteiger partial charge in [0.2, 0.25) is 0 Å². The van der Waals surface area contributed by atoms with Gasteiger partial charge in [-0.05, 0) is 44.4 Å². The van der Waals surface area contributed by atoms with E-state index in [9.17, 15) is 0 Å². The molecule has 0 radical (unpaired) electrons. The molecule has 1 aliphatic heterocycles. The average Bonchev–Trinajstić information content (AvgIpc) is 3.09. The van der Waals surface area contributed by atoms with Crippen molar-refractivity contribution in [3.8, 4) is 0 Å². The number of fused-ring (bicyclic) bond motifs is 1. The van der Waals surface area contributed by atoms with Gasteiger partial charge in [0.05, 0.1) is 17.1 Å². The normalized spacial score (nSPS) is 22.5. The Hall–Kier alpha value is -1.39. The number of imidazole rings is 1. The van der Waals surface area contributed by atoms with Gasteiger partial charge in [0.25, 0.3) is 0 Å². The van der Waals surface area contributed by atoms with E-state index in [2.05, 4.69) is 43.5 Å². The molecule has 21 heavy (non-hydrogen) atoms. The summed E-state index contributed by atoms with van der Waals surface area (Å²) in [6.07, 6.45) is 2.41. The maximum atomic E-state index is 5.87. The van der Waals surface area contributed by atoms with Crippen molar-refractivity contribution in [2.45, 2.75) is 58.2 Å². The van der Waals surface area contributed by atoms with E-state index < -0.39 is 0 Å². The summed E-state index contributed by atoms with van der Waals surface area (Å²) in [6.45, 7) is 8.04. The molecule has 1 aromatic carbocycles. The molecule has 2 heterocycles. The number of aromatic nitrogens is 2. The molecule has 0 aliphatic carbocycles. The molecule has 114 valence electrons. The lowest BCUT2D eigenvalue weighted by molar-refractivity contribution is 0.0988. The predicted molar refractivity (Wildman–Crippen MR) is 85.4 cm³/mol. The van der Waals surface area contributed by atoms with E-state index in [1.807, 2.05) is 0 Å². The van der Waals surface area contributed by atoms with Crippen LogP contribution in [-0.2, 0) is 11.3 Å². The Balaban J connectivity index is 2.14. The van der Waals surface area contributed by atoms with Crippen molar-refractivity contribution in [3.63, 3.8) is 0 Å². The zero-order valence-corrected chi connectivity index (χ0v) is 13.2. The van der Waals surface area contributed by atoms with E-state index in [-0.39, 0.29) is 0 Å². The van der Waals surface area contributed by atoms with Gasteiger partial charge in [-0.15, -0.1) is 0 Å². The van der Waals surface area contributed by atoms with Gasteiger partial charge in [0.1, 0.15) is 5.82 Å². The summed E-state index contributed by atoms with van der Waals surface area (Å²) >= 11 is 0. The molecule has 1 aliphatic rings. The highest BCUT2D eigenvalue weighted by molar-refractivity contribution is 5.77. The van der Waals surface area contributed by atoms with Crippen LogP contribution in [0.15, 0.2) is 18.2 Å². The van der Waals surface area contributed by atoms with Crippen molar-refractivity contribution < 1.29 is 4.74 Å². The van der Waals surface area contributed by atoms with Crippen molar-refractivity contribution in [2.75, 3.05) is 6.61 Å². The minimum atomic E-state index is 0.299. The quantitative estimate of drug-likeness (QED) is 0.938. The topological polar surface area (TPSA) is 53.1 Å². The SMILES string of the molecule is CCC1OCCC1c1nc2cc(CN)ccc2n1C(C)C. The van der Waals surface area contributed by atoms with Crippen LogP contribution in [0.3, 0.4) is 0 Å². The molecule has 1 aromatic heterocycles. The summed E-state index contributed by atoms with van der Waals surface area (Å²) in [5.41, 5.74) is 9.16. The zero-order chi connectivity index (χ0) is 15.0. The summed E-state index contributed by atoms with van der Waals surface area (Å²) in [5, 5.41) is 0. The molecule has 2 aromatic rings. The third-order valence-corrected chi connectivity index (χ3v) is 4.48. The maximum absolute atomic E-state index is 5.87. The first-order valence-electron chi connectivity index (χ1n) is 7.98. The highest BCUT2D eigenvalue weighted by Gasteiger charge is 2.32. The molecule has 1 fully saturated rings. The highest BCUT2D eigenvalue weighted by atomic mass is 16.5. The van der Waals surface area contributed by atoms with Crippen LogP contribution < -0.4 is 5.73 Å². The average molecular weight is 287 g/mol. The van der Waals surface area contributed by atoms with Crippen LogP contribution >= 0.6 is 0 Å². The molecule has 4 heteroatoms. The minimum Gasteiger partial charge on any atom is -0.377 e. The number of hydrogen-bond donors (Lipinski definition) is 1. The van der Waals surface area contributed by atoms with Crippen LogP contribution in [0, 0.1) is 0 Å². The lowest BCUT2D eigenvalue weighted by Gasteiger charge is -2.20. The van der Waals surface area contributed by atoms with Crippen LogP contribution in [0.2, 0.25) is 0 Å². The van der Waals surface area contributed by atoms with E-state index >= 15 is 0 Å². The predicted octanol–water partition coefficient (Wildman–Crippen LogP) is 3.36. The molecule has 2 N–H and O–H groups in total. The molecule has 2 atom stereocenters. The highest BCUT2D eigenvalue weighted by Crippen LogP contribution is 2.36. The molecule has 0 spiro atoms. The molecule has 0 amide bonds. The Bertz CT molecular complexity index is 632. The largest absolute Gasteiger partial charge is 0.377 e. The first-order valence-corrected chi connectivity index (χ1v) is 7.98. The van der Waals surface area contributed by atoms with Crippen molar-refractivity contribution in [1.29, 1.82) is 0 Å². The number of nitrogens with zero attached hydrogens (tertiary/aromatic N) is 2. The maximum Gasteiger partial charge on any atom is 0.115 e. The fourth-order valence-electron chi connectivity index (χ4n) is 3.44. The molecule has 0 saturated carbocycles. The zero-order valence-electron chi connectivity index (χ0n) is 13.2. The van der Waals surface area contributed by atoms with Crippen molar-refractivity contribution in [3.05, 3.63) is 29.6 Å². The van der Waals surface area contributed by atoms with Crippen LogP contribution in [-0.4, -0.2) is 22.3 Å². The summed E-state index contributed by atoms with van der Waals surface area (Å²) in [7, 11) is 0. The number of rotatable bonds is 4. The standard InChI is InChI=1S/C17H25N3O/c1-4-16-13(7-8-21-16)17-19-14-9-12(10-18)5-6-15(14)20(17)11(2)3/h5-6,9,11,13,16H,4,7-8,10,18H2,1-3H3. The molecular weight excluding hydrogens is 262 g/mol. The Morgan fingerprint density at radius 2 is 2.24 bits per heavy atom. The second-order valence-electron chi connectivity index (χ2n) is 6.17. The number of benzene rings is 1. The van der Waals surface area contributed by atoms with Crippen molar-refractivity contribution in [2.24, 2.45) is 5.73 Å². The van der Waals surface area contributed by atoms with Crippen LogP contribution in [0.4, 0.5) is 0 Å². The van der Waals surface area contributed by atoms with Gasteiger partial charge in [0.15, 0.2) is 0 Å². The van der Waals surface area contributed by atoms with E-state index in [0.717, 1.165) is 30.5 Å². The molecule has 1 saturated heterocycles. The van der Waals surface area contributed by atoms with Crippen molar-refractivity contribution >= 4 is 11.0 Å². The summed E-state index contributed by atoms with van der Waals surface area (Å²) in [5.74, 6) is 1.59. The number of ether oxygens (including phenoxy) is 1. The van der Waals surface area contributed by atoms with Gasteiger partial charge in [-0.2, -0.15) is 0 Å². The Labute approximate surface area is 126 Å². The summed E-state index contributed by atoms with van der Waals surface area (Å²) in [6, 6.07) is 6.78. The monoisotopic (exact) mass is 287 g/mol. The second kappa shape index (κ2) is 5.78. The molecule has 4 nitrogen and oxygen atoms in total. The molecular formula is C17H25N3O. The van der Waals surface area contributed by atoms with Gasteiger partial charge in [0, 0.05) is 25.1 Å². The second-order valence-corrected chi connectivity index (χ2v) is 6.17. The van der Waals surface area contributed by atoms with Gasteiger partial charge < -0.3 is 15.0 Å². The summed E-state index contributed by atoms with van der Waals surface area (Å²) < 4.78 is 8.24. The van der Waals surface area contributed by atoms with Crippen LogP contribution in [0.1, 0.15) is 57.0 Å². The minimum absolute atomic E-state index is 0.299. The Kier molecular flexibility index (Phi) is 4.00. The number of hydrogen-bond acceptors (Lipinski definition) is 3. The number of nitrogens with two attached hydrogens (primary N) is 1. The van der Waals surface area contributed by atoms with E-state index in [1.165, 1.54) is 11.3 Å². The van der Waals surface area contributed by atoms with Crippen LogP contribution in [0.25, 0.3) is 11.0 Å². The van der Waals surface area contributed by atoms with E-state index in [0.29, 0.717) is 24.6 Å². The Morgan fingerprint density at radius 1 is 1.43 bits per heavy atom. The third-order valence-electron chi connectivity index (χ3n) is 4.48. The van der Waals surface area contributed by atoms with E-state index in [1.54, 1.807) is 0 Å². The first-order chi connectivity index (χ1) is 10.2. The first kappa shape index (κ1) is 14.5.